The van der Waals surface area contributed by atoms with Gasteiger partial charge >= 0.3 is 0 Å². The van der Waals surface area contributed by atoms with Gasteiger partial charge in [-0.1, -0.05) is 0 Å². The molecule has 1 aromatic rings. The van der Waals surface area contributed by atoms with Crippen molar-refractivity contribution in [2.45, 2.75) is 20.0 Å². The summed E-state index contributed by atoms with van der Waals surface area (Å²) in [5.74, 6) is -6.99. The van der Waals surface area contributed by atoms with Crippen molar-refractivity contribution in [1.82, 2.24) is 0 Å². The van der Waals surface area contributed by atoms with Gasteiger partial charge in [-0.25, -0.2) is 8.78 Å². The third-order valence-corrected chi connectivity index (χ3v) is 1.43. The van der Waals surface area contributed by atoms with E-state index in [1.165, 1.54) is 13.8 Å². The predicted molar refractivity (Wildman–Crippen MR) is 42.0 cm³/mol. The van der Waals surface area contributed by atoms with Crippen molar-refractivity contribution < 1.29 is 22.3 Å². The van der Waals surface area contributed by atoms with Crippen molar-refractivity contribution in [2.24, 2.45) is 0 Å². The average molecular weight is 208 g/mol. The molecule has 0 aliphatic rings. The predicted octanol–water partition coefficient (Wildman–Crippen LogP) is 3.03. The second kappa shape index (κ2) is 3.86. The Morgan fingerprint density at radius 2 is 1.43 bits per heavy atom. The lowest BCUT2D eigenvalue weighted by atomic mass is 10.3. The van der Waals surface area contributed by atoms with Crippen LogP contribution in [0.3, 0.4) is 0 Å². The van der Waals surface area contributed by atoms with Crippen molar-refractivity contribution >= 4 is 0 Å². The summed E-state index contributed by atoms with van der Waals surface area (Å²) in [6.07, 6.45) is -0.569. The molecule has 0 aliphatic heterocycles. The molecule has 0 fully saturated rings. The normalized spacial score (nSPS) is 10.8. The van der Waals surface area contributed by atoms with Crippen LogP contribution in [0.1, 0.15) is 13.8 Å². The first-order valence-electron chi connectivity index (χ1n) is 3.93. The van der Waals surface area contributed by atoms with Crippen molar-refractivity contribution in [3.05, 3.63) is 29.3 Å². The van der Waals surface area contributed by atoms with E-state index in [2.05, 4.69) is 4.74 Å². The Kier molecular flexibility index (Phi) is 2.98. The van der Waals surface area contributed by atoms with E-state index < -0.39 is 35.1 Å². The molecular formula is C9H8F4O. The largest absolute Gasteiger partial charge is 0.485 e. The highest BCUT2D eigenvalue weighted by molar-refractivity contribution is 5.28. The molecule has 1 aromatic carbocycles. The lowest BCUT2D eigenvalue weighted by Gasteiger charge is -2.11. The van der Waals surface area contributed by atoms with Gasteiger partial charge in [0.25, 0.3) is 0 Å². The third kappa shape index (κ3) is 1.97. The van der Waals surface area contributed by atoms with Crippen LogP contribution in [0.15, 0.2) is 6.07 Å². The molecule has 0 unspecified atom stereocenters. The lowest BCUT2D eigenvalue weighted by Crippen LogP contribution is -2.10. The van der Waals surface area contributed by atoms with E-state index in [-0.39, 0.29) is 6.07 Å². The molecule has 0 radical (unpaired) electrons. The van der Waals surface area contributed by atoms with Crippen LogP contribution < -0.4 is 4.74 Å². The highest BCUT2D eigenvalue weighted by atomic mass is 19.2. The standard InChI is InChI=1S/C9H8F4O/c1-4(2)14-9-7(12)5(10)3-6(11)8(9)13/h3-4H,1-2H3. The van der Waals surface area contributed by atoms with Crippen LogP contribution in [-0.4, -0.2) is 6.10 Å². The summed E-state index contributed by atoms with van der Waals surface area (Å²) in [6.45, 7) is 2.98. The van der Waals surface area contributed by atoms with E-state index >= 15 is 0 Å². The molecule has 14 heavy (non-hydrogen) atoms. The maximum atomic E-state index is 12.9. The molecule has 1 nitrogen and oxygen atoms in total. The fraction of sp³-hybridized carbons (Fsp3) is 0.333. The van der Waals surface area contributed by atoms with E-state index in [1.54, 1.807) is 0 Å². The van der Waals surface area contributed by atoms with Gasteiger partial charge in [0, 0.05) is 6.07 Å². The van der Waals surface area contributed by atoms with Crippen LogP contribution in [0.25, 0.3) is 0 Å². The summed E-state index contributed by atoms with van der Waals surface area (Å²) >= 11 is 0. The summed E-state index contributed by atoms with van der Waals surface area (Å²) in [6, 6.07) is 0.137. The Morgan fingerprint density at radius 3 is 1.79 bits per heavy atom. The number of benzene rings is 1. The molecule has 0 bridgehead atoms. The Hall–Kier alpha value is -1.26. The van der Waals surface area contributed by atoms with E-state index in [0.717, 1.165) is 0 Å². The molecule has 0 spiro atoms. The zero-order chi connectivity index (χ0) is 10.9. The monoisotopic (exact) mass is 208 g/mol. The second-order valence-electron chi connectivity index (χ2n) is 2.96. The Morgan fingerprint density at radius 1 is 1.00 bits per heavy atom. The number of halogens is 4. The smallest absolute Gasteiger partial charge is 0.203 e. The first-order valence-corrected chi connectivity index (χ1v) is 3.93. The molecule has 78 valence electrons. The minimum absolute atomic E-state index is 0.137. The van der Waals surface area contributed by atoms with Gasteiger partial charge in [0.05, 0.1) is 6.10 Å². The highest BCUT2D eigenvalue weighted by Crippen LogP contribution is 2.27. The molecule has 5 heteroatoms. The van der Waals surface area contributed by atoms with Gasteiger partial charge in [0.15, 0.2) is 17.4 Å². The van der Waals surface area contributed by atoms with Gasteiger partial charge in [-0.3, -0.25) is 0 Å². The van der Waals surface area contributed by atoms with Gasteiger partial charge in [-0.05, 0) is 13.8 Å². The summed E-state index contributed by atoms with van der Waals surface area (Å²) in [4.78, 5) is 0. The quantitative estimate of drug-likeness (QED) is 0.536. The van der Waals surface area contributed by atoms with E-state index in [0.29, 0.717) is 0 Å². The Bertz CT molecular complexity index is 323. The van der Waals surface area contributed by atoms with Crippen LogP contribution in [0, 0.1) is 23.3 Å². The summed E-state index contributed by atoms with van der Waals surface area (Å²) in [5.41, 5.74) is 0. The molecular weight excluding hydrogens is 200 g/mol. The minimum Gasteiger partial charge on any atom is -0.485 e. The molecule has 0 N–H and O–H groups in total. The fourth-order valence-corrected chi connectivity index (χ4v) is 0.890. The molecule has 0 atom stereocenters. The van der Waals surface area contributed by atoms with Crippen molar-refractivity contribution in [2.75, 3.05) is 0 Å². The summed E-state index contributed by atoms with van der Waals surface area (Å²) < 4.78 is 55.6. The Balaban J connectivity index is 3.25. The summed E-state index contributed by atoms with van der Waals surface area (Å²) in [7, 11) is 0. The minimum atomic E-state index is -1.52. The SMILES string of the molecule is CC(C)Oc1c(F)c(F)cc(F)c1F. The van der Waals surface area contributed by atoms with Gasteiger partial charge in [0.1, 0.15) is 0 Å². The van der Waals surface area contributed by atoms with Crippen molar-refractivity contribution in [3.8, 4) is 5.75 Å². The zero-order valence-electron chi connectivity index (χ0n) is 7.57. The molecule has 0 aromatic heterocycles. The van der Waals surface area contributed by atoms with Gasteiger partial charge in [-0.2, -0.15) is 8.78 Å². The number of ether oxygens (including phenoxy) is 1. The molecule has 0 amide bonds. The highest BCUT2D eigenvalue weighted by Gasteiger charge is 2.21. The first kappa shape index (κ1) is 10.8. The van der Waals surface area contributed by atoms with E-state index in [9.17, 15) is 17.6 Å². The lowest BCUT2D eigenvalue weighted by molar-refractivity contribution is 0.212. The van der Waals surface area contributed by atoms with Crippen LogP contribution in [0.4, 0.5) is 17.6 Å². The van der Waals surface area contributed by atoms with E-state index in [1.807, 2.05) is 0 Å². The second-order valence-corrected chi connectivity index (χ2v) is 2.96. The number of hydrogen-bond donors (Lipinski definition) is 0. The van der Waals surface area contributed by atoms with E-state index in [4.69, 9.17) is 0 Å². The molecule has 0 heterocycles. The van der Waals surface area contributed by atoms with Crippen LogP contribution in [-0.2, 0) is 0 Å². The first-order chi connectivity index (χ1) is 6.43. The number of hydrogen-bond acceptors (Lipinski definition) is 1. The Labute approximate surface area is 78.3 Å². The van der Waals surface area contributed by atoms with Crippen molar-refractivity contribution in [1.29, 1.82) is 0 Å². The van der Waals surface area contributed by atoms with Gasteiger partial charge in [0.2, 0.25) is 11.6 Å². The average Bonchev–Trinajstić information content (AvgIpc) is 2.09. The molecule has 0 aliphatic carbocycles. The third-order valence-electron chi connectivity index (χ3n) is 1.43. The maximum absolute atomic E-state index is 12.9. The summed E-state index contributed by atoms with van der Waals surface area (Å²) in [5, 5.41) is 0. The van der Waals surface area contributed by atoms with Gasteiger partial charge < -0.3 is 4.74 Å². The maximum Gasteiger partial charge on any atom is 0.203 e. The van der Waals surface area contributed by atoms with Gasteiger partial charge in [-0.15, -0.1) is 0 Å². The van der Waals surface area contributed by atoms with Crippen LogP contribution in [0.5, 0.6) is 5.75 Å². The van der Waals surface area contributed by atoms with Crippen LogP contribution in [0.2, 0.25) is 0 Å². The fourth-order valence-electron chi connectivity index (χ4n) is 0.890. The number of rotatable bonds is 2. The zero-order valence-corrected chi connectivity index (χ0v) is 7.57. The van der Waals surface area contributed by atoms with Crippen molar-refractivity contribution in [3.63, 3.8) is 0 Å². The topological polar surface area (TPSA) is 9.23 Å². The molecule has 0 saturated carbocycles. The molecule has 1 rings (SSSR count). The van der Waals surface area contributed by atoms with Crippen LogP contribution >= 0.6 is 0 Å². The molecule has 0 saturated heterocycles.